The number of nitriles is 1. The van der Waals surface area contributed by atoms with E-state index in [0.29, 0.717) is 12.4 Å². The molecule has 0 aliphatic heterocycles. The maximum Gasteiger partial charge on any atom is 0.138 e. The van der Waals surface area contributed by atoms with E-state index in [1.165, 1.54) is 0 Å². The first-order valence-electron chi connectivity index (χ1n) is 5.15. The van der Waals surface area contributed by atoms with E-state index in [1.807, 2.05) is 42.7 Å². The van der Waals surface area contributed by atoms with Gasteiger partial charge in [-0.15, -0.1) is 0 Å². The Morgan fingerprint density at radius 2 is 2.12 bits per heavy atom. The Morgan fingerprint density at radius 3 is 2.76 bits per heavy atom. The third-order valence-corrected chi connectivity index (χ3v) is 3.23. The molecule has 0 fully saturated rings. The molecule has 0 unspecified atom stereocenters. The van der Waals surface area contributed by atoms with Gasteiger partial charge in [0.05, 0.1) is 17.1 Å². The predicted molar refractivity (Wildman–Crippen MR) is 68.4 cm³/mol. The molecule has 5 heteroatoms. The van der Waals surface area contributed by atoms with Crippen LogP contribution in [0.15, 0.2) is 35.2 Å². The van der Waals surface area contributed by atoms with Crippen LogP contribution in [0.4, 0.5) is 5.82 Å². The largest absolute Gasteiger partial charge is 0.383 e. The van der Waals surface area contributed by atoms with Crippen molar-refractivity contribution in [3.63, 3.8) is 0 Å². The van der Waals surface area contributed by atoms with Crippen molar-refractivity contribution < 1.29 is 0 Å². The SMILES string of the molecule is Cc1nn(Cc2ccccc2)c(N)c1SC#N. The highest BCUT2D eigenvalue weighted by molar-refractivity contribution is 8.03. The number of nitrogens with zero attached hydrogens (tertiary/aromatic N) is 3. The zero-order valence-electron chi connectivity index (χ0n) is 9.42. The van der Waals surface area contributed by atoms with Gasteiger partial charge in [0.1, 0.15) is 11.2 Å². The summed E-state index contributed by atoms with van der Waals surface area (Å²) in [5.74, 6) is 0.554. The highest BCUT2D eigenvalue weighted by Crippen LogP contribution is 2.27. The van der Waals surface area contributed by atoms with Crippen LogP contribution in [0.5, 0.6) is 0 Å². The smallest absolute Gasteiger partial charge is 0.138 e. The fraction of sp³-hybridized carbons (Fsp3) is 0.167. The van der Waals surface area contributed by atoms with Crippen LogP contribution in [0.3, 0.4) is 0 Å². The standard InChI is InChI=1S/C12H12N4S/c1-9-11(17-8-13)12(14)16(15-9)7-10-5-3-2-4-6-10/h2-6H,7,14H2,1H3. The summed E-state index contributed by atoms with van der Waals surface area (Å²) in [5, 5.41) is 15.1. The molecule has 86 valence electrons. The van der Waals surface area contributed by atoms with Crippen molar-refractivity contribution in [2.24, 2.45) is 0 Å². The molecule has 2 aromatic rings. The van der Waals surface area contributed by atoms with Crippen molar-refractivity contribution in [2.45, 2.75) is 18.4 Å². The lowest BCUT2D eigenvalue weighted by molar-refractivity contribution is 0.689. The van der Waals surface area contributed by atoms with E-state index in [4.69, 9.17) is 11.0 Å². The molecule has 0 spiro atoms. The van der Waals surface area contributed by atoms with Crippen molar-refractivity contribution in [1.82, 2.24) is 9.78 Å². The zero-order valence-corrected chi connectivity index (χ0v) is 10.2. The van der Waals surface area contributed by atoms with Gasteiger partial charge in [0.2, 0.25) is 0 Å². The Hall–Kier alpha value is -1.93. The van der Waals surface area contributed by atoms with Crippen LogP contribution in [0, 0.1) is 17.6 Å². The van der Waals surface area contributed by atoms with E-state index in [0.717, 1.165) is 27.9 Å². The number of thioether (sulfide) groups is 1. The summed E-state index contributed by atoms with van der Waals surface area (Å²) in [4.78, 5) is 0.753. The van der Waals surface area contributed by atoms with Crippen LogP contribution in [-0.4, -0.2) is 9.78 Å². The molecule has 1 aromatic heterocycles. The second-order valence-corrected chi connectivity index (χ2v) is 4.43. The first kappa shape index (κ1) is 11.6. The maximum atomic E-state index is 8.69. The number of hydrogen-bond acceptors (Lipinski definition) is 4. The van der Waals surface area contributed by atoms with E-state index in [1.54, 1.807) is 4.68 Å². The first-order chi connectivity index (χ1) is 8.22. The number of rotatable bonds is 3. The quantitative estimate of drug-likeness (QED) is 0.665. The third kappa shape index (κ3) is 2.43. The summed E-state index contributed by atoms with van der Waals surface area (Å²) in [5.41, 5.74) is 7.90. The Kier molecular flexibility index (Phi) is 3.35. The zero-order chi connectivity index (χ0) is 12.3. The molecule has 0 saturated heterocycles. The Balaban J connectivity index is 2.29. The van der Waals surface area contributed by atoms with Crippen LogP contribution in [0.2, 0.25) is 0 Å². The number of hydrogen-bond donors (Lipinski definition) is 1. The molecule has 1 aromatic carbocycles. The first-order valence-corrected chi connectivity index (χ1v) is 5.96. The fourth-order valence-electron chi connectivity index (χ4n) is 1.63. The highest BCUT2D eigenvalue weighted by Gasteiger charge is 2.12. The lowest BCUT2D eigenvalue weighted by atomic mass is 10.2. The normalized spacial score (nSPS) is 10.1. The number of anilines is 1. The fourth-order valence-corrected chi connectivity index (χ4v) is 2.12. The summed E-state index contributed by atoms with van der Waals surface area (Å²) >= 11 is 1.06. The maximum absolute atomic E-state index is 8.69. The van der Waals surface area contributed by atoms with E-state index < -0.39 is 0 Å². The lowest BCUT2D eigenvalue weighted by Gasteiger charge is -2.04. The van der Waals surface area contributed by atoms with Gasteiger partial charge in [-0.3, -0.25) is 0 Å². The number of aromatic nitrogens is 2. The van der Waals surface area contributed by atoms with E-state index in [-0.39, 0.29) is 0 Å². The summed E-state index contributed by atoms with van der Waals surface area (Å²) in [6, 6.07) is 9.97. The van der Waals surface area contributed by atoms with Crippen LogP contribution in [0.1, 0.15) is 11.3 Å². The molecule has 2 N–H and O–H groups in total. The Labute approximate surface area is 104 Å². The molecule has 4 nitrogen and oxygen atoms in total. The third-order valence-electron chi connectivity index (χ3n) is 2.43. The topological polar surface area (TPSA) is 67.6 Å². The minimum absolute atomic E-state index is 0.554. The van der Waals surface area contributed by atoms with Crippen molar-refractivity contribution in [3.8, 4) is 5.40 Å². The molecular weight excluding hydrogens is 232 g/mol. The van der Waals surface area contributed by atoms with Crippen molar-refractivity contribution in [3.05, 3.63) is 41.6 Å². The molecule has 0 radical (unpaired) electrons. The number of thiocyanates is 1. The summed E-state index contributed by atoms with van der Waals surface area (Å²) in [6.45, 7) is 2.48. The Bertz CT molecular complexity index is 554. The summed E-state index contributed by atoms with van der Waals surface area (Å²) in [6.07, 6.45) is 0. The van der Waals surface area contributed by atoms with Crippen LogP contribution in [-0.2, 0) is 6.54 Å². The second kappa shape index (κ2) is 4.93. The molecule has 17 heavy (non-hydrogen) atoms. The van der Waals surface area contributed by atoms with Crippen LogP contribution < -0.4 is 5.73 Å². The van der Waals surface area contributed by atoms with Gasteiger partial charge in [0, 0.05) is 0 Å². The average Bonchev–Trinajstić information content (AvgIpc) is 2.59. The van der Waals surface area contributed by atoms with Crippen molar-refractivity contribution in [1.29, 1.82) is 5.26 Å². The number of benzene rings is 1. The molecule has 1 heterocycles. The monoisotopic (exact) mass is 244 g/mol. The van der Waals surface area contributed by atoms with Gasteiger partial charge in [-0.1, -0.05) is 30.3 Å². The number of aryl methyl sites for hydroxylation is 1. The average molecular weight is 244 g/mol. The van der Waals surface area contributed by atoms with Gasteiger partial charge in [-0.2, -0.15) is 10.4 Å². The summed E-state index contributed by atoms with van der Waals surface area (Å²) in [7, 11) is 0. The molecular formula is C12H12N4S. The summed E-state index contributed by atoms with van der Waals surface area (Å²) < 4.78 is 1.73. The molecule has 0 atom stereocenters. The molecule has 0 saturated carbocycles. The van der Waals surface area contributed by atoms with Gasteiger partial charge in [-0.25, -0.2) is 4.68 Å². The molecule has 0 amide bonds. The van der Waals surface area contributed by atoms with E-state index >= 15 is 0 Å². The van der Waals surface area contributed by atoms with E-state index in [9.17, 15) is 0 Å². The van der Waals surface area contributed by atoms with Crippen LogP contribution in [0.25, 0.3) is 0 Å². The highest BCUT2D eigenvalue weighted by atomic mass is 32.2. The molecule has 0 aliphatic carbocycles. The molecule has 0 aliphatic rings. The molecule has 2 rings (SSSR count). The van der Waals surface area contributed by atoms with Gasteiger partial charge in [-0.05, 0) is 24.2 Å². The van der Waals surface area contributed by atoms with Crippen molar-refractivity contribution in [2.75, 3.05) is 5.73 Å². The van der Waals surface area contributed by atoms with Gasteiger partial charge >= 0.3 is 0 Å². The second-order valence-electron chi connectivity index (χ2n) is 3.64. The number of nitrogen functional groups attached to an aromatic ring is 1. The lowest BCUT2D eigenvalue weighted by Crippen LogP contribution is -2.05. The van der Waals surface area contributed by atoms with Crippen LogP contribution >= 0.6 is 11.8 Å². The van der Waals surface area contributed by atoms with Crippen molar-refractivity contribution >= 4 is 17.6 Å². The Morgan fingerprint density at radius 1 is 1.41 bits per heavy atom. The minimum Gasteiger partial charge on any atom is -0.383 e. The number of nitrogens with two attached hydrogens (primary N) is 1. The van der Waals surface area contributed by atoms with Gasteiger partial charge in [0.25, 0.3) is 0 Å². The van der Waals surface area contributed by atoms with Gasteiger partial charge < -0.3 is 5.73 Å². The van der Waals surface area contributed by atoms with E-state index in [2.05, 4.69) is 5.10 Å². The minimum atomic E-state index is 0.554. The van der Waals surface area contributed by atoms with Gasteiger partial charge in [0.15, 0.2) is 0 Å². The molecule has 0 bridgehead atoms. The predicted octanol–water partition coefficient (Wildman–Crippen LogP) is 2.40.